The number of H-pyrrole nitrogens is 1. The van der Waals surface area contributed by atoms with E-state index in [2.05, 4.69) is 20.6 Å². The number of aromatic nitrogens is 4. The Kier molecular flexibility index (Phi) is 5.33. The zero-order valence-corrected chi connectivity index (χ0v) is 15.1. The normalized spacial score (nSPS) is 10.9. The van der Waals surface area contributed by atoms with Gasteiger partial charge >= 0.3 is 0 Å². The van der Waals surface area contributed by atoms with Gasteiger partial charge in [0.25, 0.3) is 5.91 Å². The van der Waals surface area contributed by atoms with Crippen molar-refractivity contribution in [1.29, 1.82) is 0 Å². The molecule has 0 aliphatic carbocycles. The third-order valence-electron chi connectivity index (χ3n) is 3.68. The van der Waals surface area contributed by atoms with Gasteiger partial charge in [-0.3, -0.25) is 9.89 Å². The highest BCUT2D eigenvalue weighted by molar-refractivity contribution is 6.02. The molecule has 0 saturated carbocycles. The summed E-state index contributed by atoms with van der Waals surface area (Å²) < 4.78 is 7.29. The molecule has 1 amide bonds. The Morgan fingerprint density at radius 3 is 2.88 bits per heavy atom. The first kappa shape index (κ1) is 17.7. The number of nitrogens with one attached hydrogen (secondary N) is 2. The van der Waals surface area contributed by atoms with E-state index in [1.54, 1.807) is 23.0 Å². The zero-order chi connectivity index (χ0) is 18.5. The fraction of sp³-hybridized carbons (Fsp3) is 0.278. The number of hydrogen-bond acceptors (Lipinski definition) is 5. The van der Waals surface area contributed by atoms with Gasteiger partial charge in [-0.05, 0) is 38.7 Å². The lowest BCUT2D eigenvalue weighted by Gasteiger charge is -2.08. The summed E-state index contributed by atoms with van der Waals surface area (Å²) in [5, 5.41) is 13.9. The van der Waals surface area contributed by atoms with E-state index in [-0.39, 0.29) is 12.6 Å². The number of para-hydroxylation sites is 1. The lowest BCUT2D eigenvalue weighted by atomic mass is 10.2. The van der Waals surface area contributed by atoms with Crippen molar-refractivity contribution >= 4 is 11.7 Å². The largest absolute Gasteiger partial charge is 0.471 e. The first-order valence-corrected chi connectivity index (χ1v) is 8.23. The summed E-state index contributed by atoms with van der Waals surface area (Å²) in [5.74, 6) is 0.944. The topological polar surface area (TPSA) is 88.1 Å². The number of anilines is 1. The van der Waals surface area contributed by atoms with Crippen LogP contribution in [0.1, 0.15) is 21.7 Å². The maximum absolute atomic E-state index is 12.3. The molecule has 0 aliphatic heterocycles. The maximum Gasteiger partial charge on any atom is 0.277 e. The summed E-state index contributed by atoms with van der Waals surface area (Å²) >= 11 is 0. The molecule has 0 saturated heterocycles. The van der Waals surface area contributed by atoms with E-state index in [0.717, 1.165) is 17.0 Å². The molecule has 2 aromatic heterocycles. The molecule has 0 bridgehead atoms. The summed E-state index contributed by atoms with van der Waals surface area (Å²) in [7, 11) is 3.93. The Labute approximate surface area is 151 Å². The predicted molar refractivity (Wildman–Crippen MR) is 98.0 cm³/mol. The van der Waals surface area contributed by atoms with Crippen molar-refractivity contribution in [1.82, 2.24) is 24.9 Å². The minimum absolute atomic E-state index is 0.230. The summed E-state index contributed by atoms with van der Waals surface area (Å²) in [4.78, 5) is 14.3. The van der Waals surface area contributed by atoms with E-state index in [9.17, 15) is 4.79 Å². The highest BCUT2D eigenvalue weighted by Gasteiger charge is 2.12. The molecule has 2 heterocycles. The van der Waals surface area contributed by atoms with Crippen LogP contribution >= 0.6 is 0 Å². The van der Waals surface area contributed by atoms with E-state index in [1.807, 2.05) is 50.2 Å². The summed E-state index contributed by atoms with van der Waals surface area (Å²) in [6.07, 6.45) is 1.70. The molecule has 3 rings (SSSR count). The number of ether oxygens (including phenoxy) is 1. The minimum Gasteiger partial charge on any atom is -0.471 e. The van der Waals surface area contributed by atoms with Crippen molar-refractivity contribution in [2.75, 3.05) is 19.4 Å². The zero-order valence-electron chi connectivity index (χ0n) is 15.1. The number of aryl methyl sites for hydroxylation is 1. The van der Waals surface area contributed by atoms with Crippen molar-refractivity contribution < 1.29 is 9.53 Å². The van der Waals surface area contributed by atoms with Gasteiger partial charge in [-0.2, -0.15) is 10.2 Å². The van der Waals surface area contributed by atoms with Crippen molar-refractivity contribution in [3.8, 4) is 5.75 Å². The molecule has 0 atom stereocenters. The van der Waals surface area contributed by atoms with Crippen LogP contribution < -0.4 is 10.1 Å². The molecule has 0 aliphatic rings. The minimum atomic E-state index is -0.317. The second kappa shape index (κ2) is 7.83. The van der Waals surface area contributed by atoms with Crippen LogP contribution in [0.15, 0.2) is 42.6 Å². The summed E-state index contributed by atoms with van der Waals surface area (Å²) in [6, 6.07) is 11.2. The van der Waals surface area contributed by atoms with Gasteiger partial charge < -0.3 is 15.0 Å². The molecule has 2 N–H and O–H groups in total. The Balaban J connectivity index is 1.57. The molecule has 3 aromatic rings. The molecule has 136 valence electrons. The van der Waals surface area contributed by atoms with Crippen molar-refractivity contribution in [3.05, 3.63) is 59.5 Å². The van der Waals surface area contributed by atoms with E-state index in [4.69, 9.17) is 4.74 Å². The van der Waals surface area contributed by atoms with Gasteiger partial charge in [0.15, 0.2) is 18.2 Å². The first-order valence-electron chi connectivity index (χ1n) is 8.23. The molecule has 1 aromatic carbocycles. The SMILES string of the molecule is Cc1ccccc1OCn1ccc(C(=O)Nc2cc(CN(C)C)[nH]n2)n1. The van der Waals surface area contributed by atoms with Gasteiger partial charge in [0, 0.05) is 18.8 Å². The number of carbonyl (C=O) groups excluding carboxylic acids is 1. The lowest BCUT2D eigenvalue weighted by molar-refractivity contribution is 0.102. The maximum atomic E-state index is 12.3. The van der Waals surface area contributed by atoms with Crippen molar-refractivity contribution in [3.63, 3.8) is 0 Å². The second-order valence-electron chi connectivity index (χ2n) is 6.25. The molecular formula is C18H22N6O2. The number of hydrogen-bond donors (Lipinski definition) is 2. The number of aromatic amines is 1. The van der Waals surface area contributed by atoms with Crippen molar-refractivity contribution in [2.45, 2.75) is 20.2 Å². The Morgan fingerprint density at radius 1 is 1.31 bits per heavy atom. The van der Waals surface area contributed by atoms with Crippen molar-refractivity contribution in [2.24, 2.45) is 0 Å². The van der Waals surface area contributed by atoms with Crippen LogP contribution in [0, 0.1) is 6.92 Å². The molecule has 0 radical (unpaired) electrons. The molecule has 8 nitrogen and oxygen atoms in total. The highest BCUT2D eigenvalue weighted by Crippen LogP contribution is 2.16. The Morgan fingerprint density at radius 2 is 2.12 bits per heavy atom. The van der Waals surface area contributed by atoms with Crippen LogP contribution in [0.3, 0.4) is 0 Å². The Bertz CT molecular complexity index is 883. The number of rotatable bonds is 7. The first-order chi connectivity index (χ1) is 12.5. The van der Waals surface area contributed by atoms with Crippen LogP contribution in [0.2, 0.25) is 0 Å². The number of carbonyl (C=O) groups is 1. The van der Waals surface area contributed by atoms with Crippen LogP contribution in [0.5, 0.6) is 5.75 Å². The average Bonchev–Trinajstić information content (AvgIpc) is 3.23. The number of benzene rings is 1. The van der Waals surface area contributed by atoms with Crippen LogP contribution in [0.4, 0.5) is 5.82 Å². The molecule has 0 spiro atoms. The third kappa shape index (κ3) is 4.48. The predicted octanol–water partition coefficient (Wildman–Crippen LogP) is 2.27. The second-order valence-corrected chi connectivity index (χ2v) is 6.25. The van der Waals surface area contributed by atoms with E-state index >= 15 is 0 Å². The molecule has 0 unspecified atom stereocenters. The van der Waals surface area contributed by atoms with E-state index in [1.165, 1.54) is 0 Å². The van der Waals surface area contributed by atoms with Crippen LogP contribution in [0.25, 0.3) is 0 Å². The van der Waals surface area contributed by atoms with Crippen LogP contribution in [-0.2, 0) is 13.3 Å². The standard InChI is InChI=1S/C18H22N6O2/c1-13-6-4-5-7-16(13)26-12-24-9-8-15(22-24)18(25)19-17-10-14(20-21-17)11-23(2)3/h4-10H,11-12H2,1-3H3,(H2,19,20,21,25). The molecule has 26 heavy (non-hydrogen) atoms. The molecule has 8 heteroatoms. The van der Waals surface area contributed by atoms with Gasteiger partial charge in [-0.1, -0.05) is 18.2 Å². The van der Waals surface area contributed by atoms with E-state index < -0.39 is 0 Å². The van der Waals surface area contributed by atoms with Crippen LogP contribution in [-0.4, -0.2) is 44.9 Å². The fourth-order valence-corrected chi connectivity index (χ4v) is 2.44. The highest BCUT2D eigenvalue weighted by atomic mass is 16.5. The average molecular weight is 354 g/mol. The lowest BCUT2D eigenvalue weighted by Crippen LogP contribution is -2.14. The smallest absolute Gasteiger partial charge is 0.277 e. The van der Waals surface area contributed by atoms with Gasteiger partial charge in [-0.25, -0.2) is 4.68 Å². The molecular weight excluding hydrogens is 332 g/mol. The Hall–Kier alpha value is -3.13. The third-order valence-corrected chi connectivity index (χ3v) is 3.68. The summed E-state index contributed by atoms with van der Waals surface area (Å²) in [5.41, 5.74) is 2.27. The fourth-order valence-electron chi connectivity index (χ4n) is 2.44. The monoisotopic (exact) mass is 354 g/mol. The van der Waals surface area contributed by atoms with Gasteiger partial charge in [0.2, 0.25) is 0 Å². The van der Waals surface area contributed by atoms with E-state index in [0.29, 0.717) is 18.1 Å². The molecule has 0 fully saturated rings. The van der Waals surface area contributed by atoms with Gasteiger partial charge in [0.1, 0.15) is 5.75 Å². The quantitative estimate of drug-likeness (QED) is 0.679. The number of amides is 1. The number of nitrogens with zero attached hydrogens (tertiary/aromatic N) is 4. The van der Waals surface area contributed by atoms with Gasteiger partial charge in [-0.15, -0.1) is 0 Å². The van der Waals surface area contributed by atoms with Gasteiger partial charge in [0.05, 0.1) is 5.69 Å². The summed E-state index contributed by atoms with van der Waals surface area (Å²) in [6.45, 7) is 2.92.